The molecule has 0 heterocycles. The molecule has 28 heavy (non-hydrogen) atoms. The van der Waals surface area contributed by atoms with Crippen LogP contribution < -0.4 is 10.6 Å². The first-order chi connectivity index (χ1) is 13.5. The second kappa shape index (κ2) is 9.10. The summed E-state index contributed by atoms with van der Waals surface area (Å²) in [6, 6.07) is 21.0. The van der Waals surface area contributed by atoms with E-state index in [1.807, 2.05) is 31.2 Å². The Morgan fingerprint density at radius 3 is 2.29 bits per heavy atom. The van der Waals surface area contributed by atoms with Gasteiger partial charge in [0.1, 0.15) is 5.75 Å². The number of phenols is 1. The Balaban J connectivity index is 1.58. The Hall–Kier alpha value is -3.25. The highest BCUT2D eigenvalue weighted by Gasteiger charge is 2.09. The molecule has 0 aliphatic carbocycles. The number of thioether (sulfide) groups is 1. The molecule has 142 valence electrons. The Bertz CT molecular complexity index is 987. The standard InChI is InChI=1S/C22H20N2O3S/c1-15-8-10-20(11-9-15)28-14-21(26)23-17-5-2-4-16(12-17)22(27)24-18-6-3-7-19(25)13-18/h2-13,25H,14H2,1H3,(H,23,26)(H,24,27). The van der Waals surface area contributed by atoms with Crippen molar-refractivity contribution >= 4 is 35.0 Å². The fraction of sp³-hybridized carbons (Fsp3) is 0.0909. The maximum atomic E-state index is 12.4. The molecule has 3 aromatic rings. The molecule has 3 rings (SSSR count). The van der Waals surface area contributed by atoms with Crippen LogP contribution in [0.25, 0.3) is 0 Å². The first-order valence-electron chi connectivity index (χ1n) is 8.69. The first-order valence-corrected chi connectivity index (χ1v) is 9.68. The molecular formula is C22H20N2O3S. The highest BCUT2D eigenvalue weighted by atomic mass is 32.2. The van der Waals surface area contributed by atoms with E-state index < -0.39 is 0 Å². The zero-order chi connectivity index (χ0) is 19.9. The Kier molecular flexibility index (Phi) is 6.34. The van der Waals surface area contributed by atoms with E-state index in [4.69, 9.17) is 0 Å². The van der Waals surface area contributed by atoms with E-state index in [0.717, 1.165) is 4.90 Å². The number of aryl methyl sites for hydroxylation is 1. The maximum Gasteiger partial charge on any atom is 0.255 e. The molecular weight excluding hydrogens is 372 g/mol. The Labute approximate surface area is 167 Å². The molecule has 6 heteroatoms. The predicted molar refractivity (Wildman–Crippen MR) is 113 cm³/mol. The van der Waals surface area contributed by atoms with Gasteiger partial charge in [-0.3, -0.25) is 9.59 Å². The van der Waals surface area contributed by atoms with E-state index in [0.29, 0.717) is 16.9 Å². The summed E-state index contributed by atoms with van der Waals surface area (Å²) in [6.07, 6.45) is 0. The van der Waals surface area contributed by atoms with Crippen molar-refractivity contribution in [3.63, 3.8) is 0 Å². The monoisotopic (exact) mass is 392 g/mol. The van der Waals surface area contributed by atoms with Crippen LogP contribution in [-0.2, 0) is 4.79 Å². The van der Waals surface area contributed by atoms with Gasteiger partial charge in [0.25, 0.3) is 5.91 Å². The summed E-state index contributed by atoms with van der Waals surface area (Å²) in [4.78, 5) is 25.6. The molecule has 0 aliphatic rings. The van der Waals surface area contributed by atoms with E-state index in [2.05, 4.69) is 10.6 Å². The van der Waals surface area contributed by atoms with E-state index in [1.165, 1.54) is 29.5 Å². The molecule has 0 unspecified atom stereocenters. The van der Waals surface area contributed by atoms with Crippen molar-refractivity contribution in [2.45, 2.75) is 11.8 Å². The van der Waals surface area contributed by atoms with Crippen LogP contribution in [0.1, 0.15) is 15.9 Å². The summed E-state index contributed by atoms with van der Waals surface area (Å²) < 4.78 is 0. The molecule has 0 radical (unpaired) electrons. The number of nitrogens with one attached hydrogen (secondary N) is 2. The fourth-order valence-corrected chi connectivity index (χ4v) is 3.20. The SMILES string of the molecule is Cc1ccc(SCC(=O)Nc2cccc(C(=O)Nc3cccc(O)c3)c2)cc1. The van der Waals surface area contributed by atoms with Gasteiger partial charge in [-0.05, 0) is 49.4 Å². The van der Waals surface area contributed by atoms with Gasteiger partial charge < -0.3 is 15.7 Å². The summed E-state index contributed by atoms with van der Waals surface area (Å²) >= 11 is 1.46. The second-order valence-corrected chi connectivity index (χ2v) is 7.28. The maximum absolute atomic E-state index is 12.4. The van der Waals surface area contributed by atoms with E-state index in [9.17, 15) is 14.7 Å². The van der Waals surface area contributed by atoms with Crippen LogP contribution in [0.3, 0.4) is 0 Å². The average molecular weight is 392 g/mol. The van der Waals surface area contributed by atoms with Gasteiger partial charge in [0.05, 0.1) is 5.75 Å². The molecule has 0 fully saturated rings. The van der Waals surface area contributed by atoms with Gasteiger partial charge in [-0.1, -0.05) is 29.8 Å². The lowest BCUT2D eigenvalue weighted by Crippen LogP contribution is -2.16. The number of carbonyl (C=O) groups excluding carboxylic acids is 2. The molecule has 0 atom stereocenters. The minimum Gasteiger partial charge on any atom is -0.508 e. The number of amides is 2. The third-order valence-electron chi connectivity index (χ3n) is 3.90. The zero-order valence-corrected chi connectivity index (χ0v) is 16.1. The Morgan fingerprint density at radius 1 is 0.893 bits per heavy atom. The lowest BCUT2D eigenvalue weighted by Gasteiger charge is -2.09. The number of hydrogen-bond acceptors (Lipinski definition) is 4. The van der Waals surface area contributed by atoms with Gasteiger partial charge in [0.15, 0.2) is 0 Å². The van der Waals surface area contributed by atoms with Crippen molar-refractivity contribution in [1.29, 1.82) is 0 Å². The summed E-state index contributed by atoms with van der Waals surface area (Å²) in [5.74, 6) is -0.111. The topological polar surface area (TPSA) is 78.4 Å². The average Bonchev–Trinajstić information content (AvgIpc) is 2.68. The molecule has 5 nitrogen and oxygen atoms in total. The van der Waals surface area contributed by atoms with Gasteiger partial charge >= 0.3 is 0 Å². The lowest BCUT2D eigenvalue weighted by atomic mass is 10.2. The van der Waals surface area contributed by atoms with E-state index in [-0.39, 0.29) is 23.3 Å². The minimum absolute atomic E-state index is 0.0740. The first kappa shape index (κ1) is 19.5. The largest absolute Gasteiger partial charge is 0.508 e. The summed E-state index contributed by atoms with van der Waals surface area (Å²) in [7, 11) is 0. The van der Waals surface area contributed by atoms with Crippen LogP contribution >= 0.6 is 11.8 Å². The number of phenolic OH excluding ortho intramolecular Hbond substituents is 1. The minimum atomic E-state index is -0.323. The van der Waals surface area contributed by atoms with E-state index >= 15 is 0 Å². The van der Waals surface area contributed by atoms with Crippen LogP contribution in [-0.4, -0.2) is 22.7 Å². The number of carbonyl (C=O) groups is 2. The van der Waals surface area contributed by atoms with Crippen molar-refractivity contribution in [2.24, 2.45) is 0 Å². The van der Waals surface area contributed by atoms with Gasteiger partial charge in [-0.2, -0.15) is 0 Å². The van der Waals surface area contributed by atoms with Crippen molar-refractivity contribution in [3.05, 3.63) is 83.9 Å². The highest BCUT2D eigenvalue weighted by molar-refractivity contribution is 8.00. The molecule has 0 saturated heterocycles. The molecule has 0 aliphatic heterocycles. The van der Waals surface area contributed by atoms with Gasteiger partial charge in [0, 0.05) is 27.9 Å². The van der Waals surface area contributed by atoms with Gasteiger partial charge in [-0.25, -0.2) is 0 Å². The molecule has 0 saturated carbocycles. The Morgan fingerprint density at radius 2 is 1.57 bits per heavy atom. The third-order valence-corrected chi connectivity index (χ3v) is 4.92. The normalized spacial score (nSPS) is 10.3. The van der Waals surface area contributed by atoms with Gasteiger partial charge in [0.2, 0.25) is 5.91 Å². The molecule has 2 amide bonds. The number of aromatic hydroxyl groups is 1. The quantitative estimate of drug-likeness (QED) is 0.532. The lowest BCUT2D eigenvalue weighted by molar-refractivity contribution is -0.113. The van der Waals surface area contributed by atoms with Crippen LogP contribution in [0, 0.1) is 6.92 Å². The molecule has 0 spiro atoms. The number of rotatable bonds is 6. The van der Waals surface area contributed by atoms with Crippen molar-refractivity contribution in [1.82, 2.24) is 0 Å². The van der Waals surface area contributed by atoms with Crippen LogP contribution in [0.2, 0.25) is 0 Å². The van der Waals surface area contributed by atoms with Crippen LogP contribution in [0.5, 0.6) is 5.75 Å². The summed E-state index contributed by atoms with van der Waals surface area (Å²) in [6.45, 7) is 2.02. The van der Waals surface area contributed by atoms with Crippen molar-refractivity contribution in [2.75, 3.05) is 16.4 Å². The zero-order valence-electron chi connectivity index (χ0n) is 15.3. The third kappa shape index (κ3) is 5.62. The van der Waals surface area contributed by atoms with Crippen molar-refractivity contribution in [3.8, 4) is 5.75 Å². The fourth-order valence-electron chi connectivity index (χ4n) is 2.51. The summed E-state index contributed by atoms with van der Waals surface area (Å²) in [5.41, 5.74) is 2.63. The molecule has 3 aromatic carbocycles. The van der Waals surface area contributed by atoms with Crippen LogP contribution in [0.15, 0.2) is 77.7 Å². The highest BCUT2D eigenvalue weighted by Crippen LogP contribution is 2.20. The van der Waals surface area contributed by atoms with Crippen LogP contribution in [0.4, 0.5) is 11.4 Å². The smallest absolute Gasteiger partial charge is 0.255 e. The molecule has 0 aromatic heterocycles. The number of benzene rings is 3. The predicted octanol–water partition coefficient (Wildman–Crippen LogP) is 4.68. The molecule has 3 N–H and O–H groups in total. The van der Waals surface area contributed by atoms with Gasteiger partial charge in [-0.15, -0.1) is 11.8 Å². The van der Waals surface area contributed by atoms with E-state index in [1.54, 1.807) is 36.4 Å². The molecule has 0 bridgehead atoms. The number of anilines is 2. The second-order valence-electron chi connectivity index (χ2n) is 6.24. The summed E-state index contributed by atoms with van der Waals surface area (Å²) in [5, 5.41) is 15.0. The van der Waals surface area contributed by atoms with Crippen molar-refractivity contribution < 1.29 is 14.7 Å². The number of hydrogen-bond donors (Lipinski definition) is 3.